The van der Waals surface area contributed by atoms with Crippen molar-refractivity contribution in [2.75, 3.05) is 38.3 Å². The molecule has 1 saturated heterocycles. The van der Waals surface area contributed by atoms with E-state index < -0.39 is 21.4 Å². The summed E-state index contributed by atoms with van der Waals surface area (Å²) in [6.07, 6.45) is 3.37. The van der Waals surface area contributed by atoms with Crippen LogP contribution in [0.25, 0.3) is 0 Å². The third-order valence-electron chi connectivity index (χ3n) is 8.76. The third kappa shape index (κ3) is 6.77. The lowest BCUT2D eigenvalue weighted by molar-refractivity contribution is -0.144. The Kier molecular flexibility index (Phi) is 8.90. The molecule has 1 N–H and O–H groups in total. The second-order valence-electron chi connectivity index (χ2n) is 12.8. The Hall–Kier alpha value is -2.66. The summed E-state index contributed by atoms with van der Waals surface area (Å²) in [5.74, 6) is 0.0142. The van der Waals surface area contributed by atoms with Crippen molar-refractivity contribution in [3.63, 3.8) is 0 Å². The number of ether oxygens (including phenoxy) is 3. The fourth-order valence-corrected chi connectivity index (χ4v) is 7.91. The first-order valence-corrected chi connectivity index (χ1v) is 16.4. The number of aliphatic carboxylic acids is 1. The molecule has 2 atom stereocenters. The van der Waals surface area contributed by atoms with Gasteiger partial charge in [0.05, 0.1) is 35.3 Å². The summed E-state index contributed by atoms with van der Waals surface area (Å²) >= 11 is 0. The van der Waals surface area contributed by atoms with E-state index in [1.54, 1.807) is 31.4 Å². The Balaban J connectivity index is 1.31. The van der Waals surface area contributed by atoms with Crippen LogP contribution in [0, 0.1) is 12.3 Å². The van der Waals surface area contributed by atoms with Crippen LogP contribution in [0.5, 0.6) is 5.75 Å². The number of rotatable bonds is 12. The summed E-state index contributed by atoms with van der Waals surface area (Å²) < 4.78 is 47.1. The molecule has 9 nitrogen and oxygen atoms in total. The fourth-order valence-electron chi connectivity index (χ4n) is 6.22. The number of hydrogen-bond acceptors (Lipinski definition) is 7. The topological polar surface area (TPSA) is 106 Å². The lowest BCUT2D eigenvalue weighted by Gasteiger charge is -2.41. The highest BCUT2D eigenvalue weighted by Crippen LogP contribution is 2.51. The maximum absolute atomic E-state index is 13.9. The molecule has 0 spiro atoms. The van der Waals surface area contributed by atoms with Crippen molar-refractivity contribution >= 4 is 21.7 Å². The number of hydrogen-bond donors (Lipinski definition) is 1. The van der Waals surface area contributed by atoms with E-state index >= 15 is 0 Å². The molecule has 230 valence electrons. The van der Waals surface area contributed by atoms with E-state index in [1.807, 2.05) is 19.1 Å². The van der Waals surface area contributed by atoms with E-state index in [2.05, 4.69) is 24.8 Å². The predicted molar refractivity (Wildman–Crippen MR) is 160 cm³/mol. The van der Waals surface area contributed by atoms with Crippen LogP contribution in [0.4, 0.5) is 5.69 Å². The highest BCUT2D eigenvalue weighted by atomic mass is 32.2. The maximum atomic E-state index is 13.9. The number of benzene rings is 2. The van der Waals surface area contributed by atoms with Gasteiger partial charge in [-0.15, -0.1) is 0 Å². The Bertz CT molecular complexity index is 1370. The van der Waals surface area contributed by atoms with Crippen LogP contribution in [-0.2, 0) is 30.9 Å². The monoisotopic (exact) mass is 600 g/mol. The Morgan fingerprint density at radius 1 is 1.12 bits per heavy atom. The Morgan fingerprint density at radius 2 is 1.86 bits per heavy atom. The maximum Gasteiger partial charge on any atom is 0.309 e. The molecule has 2 heterocycles. The van der Waals surface area contributed by atoms with Crippen molar-refractivity contribution in [1.82, 2.24) is 4.31 Å². The van der Waals surface area contributed by atoms with E-state index in [-0.39, 0.29) is 29.2 Å². The van der Waals surface area contributed by atoms with Crippen molar-refractivity contribution in [3.8, 4) is 5.75 Å². The Labute approximate surface area is 249 Å². The summed E-state index contributed by atoms with van der Waals surface area (Å²) in [4.78, 5) is 14.5. The molecule has 0 bridgehead atoms. The van der Waals surface area contributed by atoms with Gasteiger partial charge in [-0.2, -0.15) is 4.31 Å². The molecular weight excluding hydrogens is 556 g/mol. The number of nitrogens with zero attached hydrogens (tertiary/aromatic N) is 2. The second kappa shape index (κ2) is 12.1. The number of methoxy groups -OCH3 is 1. The zero-order valence-electron chi connectivity index (χ0n) is 25.2. The molecule has 2 aromatic rings. The average molecular weight is 601 g/mol. The summed E-state index contributed by atoms with van der Waals surface area (Å²) in [5, 5.41) is 9.81. The first-order chi connectivity index (χ1) is 19.9. The SMILES string of the molecule is COCCCN1CC(C)(C)Oc2ccc(CO[C@@H]3CC[C@@H](CC4(C(=O)O)CC4)N(S(=O)(=O)c4ccc(C)cc4)C3)cc21. The van der Waals surface area contributed by atoms with Gasteiger partial charge >= 0.3 is 5.97 Å². The molecule has 0 radical (unpaired) electrons. The highest BCUT2D eigenvalue weighted by Gasteiger charge is 2.53. The number of piperidine rings is 1. The van der Waals surface area contributed by atoms with Gasteiger partial charge in [0.1, 0.15) is 11.4 Å². The molecule has 10 heteroatoms. The first-order valence-electron chi connectivity index (χ1n) is 14.9. The molecule has 0 amide bonds. The van der Waals surface area contributed by atoms with Gasteiger partial charge in [0, 0.05) is 32.8 Å². The van der Waals surface area contributed by atoms with Gasteiger partial charge in [0.15, 0.2) is 0 Å². The normalized spacial score (nSPS) is 23.2. The molecule has 5 rings (SSSR count). The second-order valence-corrected chi connectivity index (χ2v) is 14.7. The summed E-state index contributed by atoms with van der Waals surface area (Å²) in [5.41, 5.74) is 1.88. The van der Waals surface area contributed by atoms with Crippen molar-refractivity contribution in [3.05, 3.63) is 53.6 Å². The van der Waals surface area contributed by atoms with Crippen molar-refractivity contribution in [2.24, 2.45) is 5.41 Å². The van der Waals surface area contributed by atoms with Crippen LogP contribution in [0.3, 0.4) is 0 Å². The smallest absolute Gasteiger partial charge is 0.309 e. The largest absolute Gasteiger partial charge is 0.484 e. The van der Waals surface area contributed by atoms with Gasteiger partial charge < -0.3 is 24.2 Å². The van der Waals surface area contributed by atoms with E-state index in [1.165, 1.54) is 4.31 Å². The van der Waals surface area contributed by atoms with Crippen molar-refractivity contribution in [1.29, 1.82) is 0 Å². The van der Waals surface area contributed by atoms with Crippen molar-refractivity contribution in [2.45, 2.75) is 88.5 Å². The molecule has 3 aliphatic rings. The van der Waals surface area contributed by atoms with Gasteiger partial charge in [0.25, 0.3) is 0 Å². The van der Waals surface area contributed by atoms with Crippen molar-refractivity contribution < 1.29 is 32.5 Å². The fraction of sp³-hybridized carbons (Fsp3) is 0.594. The highest BCUT2D eigenvalue weighted by molar-refractivity contribution is 7.89. The number of carboxylic acids is 1. The molecule has 1 saturated carbocycles. The zero-order chi connectivity index (χ0) is 30.1. The molecule has 1 aliphatic carbocycles. The standard InChI is InChI=1S/C32H44N2O7S/c1-23-6-11-27(12-7-23)42(37,38)34-20-26(10-9-25(34)19-32(14-15-32)30(35)36)40-21-24-8-13-29-28(18-24)33(16-5-17-39-4)22-31(2,3)41-29/h6-8,11-13,18,25-26H,5,9-10,14-17,19-22H2,1-4H3,(H,35,36)/t25-,26+/m0/s1. The molecule has 0 unspecified atom stereocenters. The van der Waals surface area contributed by atoms with E-state index in [4.69, 9.17) is 14.2 Å². The molecule has 42 heavy (non-hydrogen) atoms. The van der Waals surface area contributed by atoms with Crippen LogP contribution < -0.4 is 9.64 Å². The minimum atomic E-state index is -3.83. The number of fused-ring (bicyclic) bond motifs is 1. The average Bonchev–Trinajstić information content (AvgIpc) is 3.73. The number of sulfonamides is 1. The lowest BCUT2D eigenvalue weighted by Crippen LogP contribution is -2.50. The van der Waals surface area contributed by atoms with Gasteiger partial charge in [-0.25, -0.2) is 8.42 Å². The quantitative estimate of drug-likeness (QED) is 0.340. The third-order valence-corrected chi connectivity index (χ3v) is 10.7. The number of anilines is 1. The van der Waals surface area contributed by atoms with Gasteiger partial charge in [-0.3, -0.25) is 4.79 Å². The Morgan fingerprint density at radius 3 is 2.52 bits per heavy atom. The van der Waals surface area contributed by atoms with Crippen LogP contribution in [0.2, 0.25) is 0 Å². The first kappa shape index (κ1) is 30.8. The molecular formula is C32H44N2O7S. The predicted octanol–water partition coefficient (Wildman–Crippen LogP) is 5.00. The number of aryl methyl sites for hydroxylation is 1. The summed E-state index contributed by atoms with van der Waals surface area (Å²) in [6, 6.07) is 12.6. The van der Waals surface area contributed by atoms with Crippen LogP contribution >= 0.6 is 0 Å². The van der Waals surface area contributed by atoms with Crippen LogP contribution in [-0.4, -0.2) is 74.9 Å². The number of carboxylic acid groups (broad SMARTS) is 1. The van der Waals surface area contributed by atoms with E-state index in [0.717, 1.165) is 42.1 Å². The zero-order valence-corrected chi connectivity index (χ0v) is 26.0. The summed E-state index contributed by atoms with van der Waals surface area (Å²) in [6.45, 7) is 8.94. The molecule has 2 fully saturated rings. The summed E-state index contributed by atoms with van der Waals surface area (Å²) in [7, 11) is -2.12. The number of carbonyl (C=O) groups is 1. The minimum Gasteiger partial charge on any atom is -0.484 e. The lowest BCUT2D eigenvalue weighted by atomic mass is 9.91. The van der Waals surface area contributed by atoms with Crippen LogP contribution in [0.1, 0.15) is 63.5 Å². The minimum absolute atomic E-state index is 0.196. The molecule has 0 aromatic heterocycles. The van der Waals surface area contributed by atoms with Gasteiger partial charge in [-0.05, 0) is 89.1 Å². The molecule has 2 aromatic carbocycles. The van der Waals surface area contributed by atoms with E-state index in [0.29, 0.717) is 45.3 Å². The van der Waals surface area contributed by atoms with Gasteiger partial charge in [0.2, 0.25) is 10.0 Å². The van der Waals surface area contributed by atoms with Gasteiger partial charge in [-0.1, -0.05) is 23.8 Å². The van der Waals surface area contributed by atoms with E-state index in [9.17, 15) is 18.3 Å². The van der Waals surface area contributed by atoms with Crippen LogP contribution in [0.15, 0.2) is 47.4 Å². The molecule has 2 aliphatic heterocycles.